The topological polar surface area (TPSA) is 36.5 Å². The minimum absolute atomic E-state index is 0. The Labute approximate surface area is 72.7 Å². The van der Waals surface area contributed by atoms with Crippen molar-refractivity contribution in [1.82, 2.24) is 6.15 Å². The largest absolute Gasteiger partial charge is 2.00 e. The van der Waals surface area contributed by atoms with Gasteiger partial charge in [-0.3, -0.25) is 0 Å². The zero-order chi connectivity index (χ0) is 0. The second-order valence-electron chi connectivity index (χ2n) is 0. The zero-order valence-corrected chi connectivity index (χ0v) is 6.99. The Bertz CT molecular complexity index is 7.51. The molecule has 0 unspecified atom stereocenters. The monoisotopic (exact) mass is 214 g/mol. The Kier molecular flexibility index (Phi) is 1640. The van der Waals surface area contributed by atoms with Crippen LogP contribution in [-0.4, -0.2) is 0 Å². The molecule has 0 aliphatic rings. The molecular weight excluding hydrogens is 212 g/mol. The normalized spacial score (nSPS) is 0. The van der Waals surface area contributed by atoms with Gasteiger partial charge in [-0.2, -0.15) is 0 Å². The van der Waals surface area contributed by atoms with E-state index in [0.717, 1.165) is 0 Å². The van der Waals surface area contributed by atoms with Gasteiger partial charge < -0.3 is 55.8 Å². The van der Waals surface area contributed by atoms with E-state index >= 15 is 0 Å². The van der Waals surface area contributed by atoms with E-state index < -0.39 is 0 Å². The van der Waals surface area contributed by atoms with Crippen molar-refractivity contribution in [3.63, 3.8) is 0 Å². The van der Waals surface area contributed by atoms with Gasteiger partial charge in [0, 0.05) is 0 Å². The van der Waals surface area contributed by atoms with E-state index in [0.29, 0.717) is 0 Å². The summed E-state index contributed by atoms with van der Waals surface area (Å²) < 4.78 is 0. The van der Waals surface area contributed by atoms with Gasteiger partial charge in [-0.1, -0.05) is 0 Å². The number of rotatable bonds is 0. The maximum atomic E-state index is 0. The molecule has 0 fully saturated rings. The van der Waals surface area contributed by atoms with Gasteiger partial charge >= 0.3 is 17.1 Å². The minimum atomic E-state index is 0. The first-order valence-electron chi connectivity index (χ1n) is 0. The van der Waals surface area contributed by atoms with E-state index in [1.54, 1.807) is 0 Å². The van der Waals surface area contributed by atoms with Gasteiger partial charge in [0.15, 0.2) is 0 Å². The van der Waals surface area contributed by atoms with Gasteiger partial charge in [-0.25, -0.2) is 0 Å². The van der Waals surface area contributed by atoms with E-state index in [9.17, 15) is 0 Å². The molecule has 46 valence electrons. The zero-order valence-electron chi connectivity index (χ0n) is 2.87. The molecule has 6 heteroatoms. The molecule has 0 aromatic heterocycles. The van der Waals surface area contributed by atoms with Gasteiger partial charge in [0.25, 0.3) is 0 Å². The Morgan fingerprint density at radius 2 is 0.500 bits per heavy atom. The summed E-state index contributed by atoms with van der Waals surface area (Å²) in [5, 5.41) is 0. The minimum Gasteiger partial charge on any atom is -1.00 e. The number of hydrogen-bond donors (Lipinski definition) is 1. The first kappa shape index (κ1) is 125. The summed E-state index contributed by atoms with van der Waals surface area (Å²) in [7, 11) is 0. The van der Waals surface area contributed by atoms with Crippen LogP contribution >= 0.6 is 0 Å². The molecule has 1 nitrogen and oxygen atoms in total. The average molecular weight is 216 g/mol. The third kappa shape index (κ3) is 45.2. The van der Waals surface area contributed by atoms with Crippen molar-refractivity contribution >= 4 is 0 Å². The molecular formula is H4Cl4FeN-. The summed E-state index contributed by atoms with van der Waals surface area (Å²) in [6, 6.07) is 0. The molecule has 0 rings (SSSR count). The molecule has 0 atom stereocenters. The Morgan fingerprint density at radius 3 is 0.500 bits per heavy atom. The Morgan fingerprint density at radius 1 is 0.500 bits per heavy atom. The summed E-state index contributed by atoms with van der Waals surface area (Å²) in [4.78, 5) is 0. The molecule has 0 bridgehead atoms. The van der Waals surface area contributed by atoms with Crippen LogP contribution in [-0.2, 0) is 17.1 Å². The molecule has 6 heavy (non-hydrogen) atoms. The van der Waals surface area contributed by atoms with Crippen molar-refractivity contribution in [3.05, 3.63) is 0 Å². The summed E-state index contributed by atoms with van der Waals surface area (Å²) in [5.74, 6) is 0. The fourth-order valence-corrected chi connectivity index (χ4v) is 0. The van der Waals surface area contributed by atoms with Gasteiger partial charge in [0.1, 0.15) is 0 Å². The van der Waals surface area contributed by atoms with Crippen molar-refractivity contribution in [1.29, 1.82) is 0 Å². The van der Waals surface area contributed by atoms with Crippen molar-refractivity contribution < 1.29 is 66.7 Å². The summed E-state index contributed by atoms with van der Waals surface area (Å²) >= 11 is 0. The second kappa shape index (κ2) is 78.6. The molecule has 0 aromatic carbocycles. The van der Waals surface area contributed by atoms with Crippen molar-refractivity contribution in [2.45, 2.75) is 0 Å². The van der Waals surface area contributed by atoms with Gasteiger partial charge in [-0.15, -0.1) is 0 Å². The third-order valence-electron chi connectivity index (χ3n) is 0. The van der Waals surface area contributed by atoms with Crippen molar-refractivity contribution in [2.75, 3.05) is 0 Å². The standard InChI is InChI=1S/4ClH.Fe.H3N/h4*1H;;1H3/q;;;;+2;/p-3. The summed E-state index contributed by atoms with van der Waals surface area (Å²) in [5.41, 5.74) is 0. The van der Waals surface area contributed by atoms with E-state index in [1.807, 2.05) is 0 Å². The number of halogens is 4. The fraction of sp³-hybridized carbons (Fsp3) is 0. The first-order chi connectivity index (χ1) is 0. The Balaban J connectivity index is 0. The van der Waals surface area contributed by atoms with Crippen LogP contribution < -0.4 is 55.8 Å². The van der Waals surface area contributed by atoms with Gasteiger partial charge in [-0.05, 0) is 0 Å². The number of hydrogen-bond acceptors (Lipinski definition) is 0. The third-order valence-corrected chi connectivity index (χ3v) is 0. The molecule has 0 saturated carbocycles. The van der Waals surface area contributed by atoms with Crippen LogP contribution in [0.25, 0.3) is 0 Å². The first-order valence-corrected chi connectivity index (χ1v) is 0. The maximum Gasteiger partial charge on any atom is 2.00 e. The van der Waals surface area contributed by atoms with Crippen LogP contribution in [0, 0.1) is 0 Å². The van der Waals surface area contributed by atoms with Crippen LogP contribution in [0.5, 0.6) is 0 Å². The van der Waals surface area contributed by atoms with E-state index in [4.69, 9.17) is 0 Å². The summed E-state index contributed by atoms with van der Waals surface area (Å²) in [6.07, 6.45) is 0. The molecule has 0 heterocycles. The predicted molar refractivity (Wildman–Crippen MR) is 5.98 cm³/mol. The van der Waals surface area contributed by atoms with E-state index in [-0.39, 0.29) is 72.8 Å². The van der Waals surface area contributed by atoms with Crippen LogP contribution in [0.3, 0.4) is 0 Å². The van der Waals surface area contributed by atoms with Gasteiger partial charge in [0.2, 0.25) is 0 Å². The molecule has 0 saturated heterocycles. The average Bonchev–Trinajstić information content (AvgIpc) is 0. The number of quaternary nitrogens is 1. The Hall–Kier alpha value is 1.64. The second-order valence-corrected chi connectivity index (χ2v) is 0. The van der Waals surface area contributed by atoms with Crippen LogP contribution in [0.4, 0.5) is 0 Å². The van der Waals surface area contributed by atoms with E-state index in [1.165, 1.54) is 0 Å². The predicted octanol–water partition coefficient (Wildman–Crippen LogP) is -11.6. The SMILES string of the molecule is [Cl-].[Cl-].[Cl-].[Cl-].[Fe+2].[NH4+]. The van der Waals surface area contributed by atoms with Crippen LogP contribution in [0.15, 0.2) is 0 Å². The van der Waals surface area contributed by atoms with Crippen LogP contribution in [0.2, 0.25) is 0 Å². The maximum absolute atomic E-state index is 0. The molecule has 0 aromatic rings. The van der Waals surface area contributed by atoms with E-state index in [2.05, 4.69) is 0 Å². The molecule has 0 spiro atoms. The molecule has 0 amide bonds. The smallest absolute Gasteiger partial charge is 1.00 e. The fourth-order valence-electron chi connectivity index (χ4n) is 0. The van der Waals surface area contributed by atoms with Crippen molar-refractivity contribution in [2.24, 2.45) is 0 Å². The van der Waals surface area contributed by atoms with Gasteiger partial charge in [0.05, 0.1) is 0 Å². The molecule has 0 aliphatic carbocycles. The van der Waals surface area contributed by atoms with Crippen molar-refractivity contribution in [3.8, 4) is 0 Å². The molecule has 4 N–H and O–H groups in total. The quantitative estimate of drug-likeness (QED) is 0.390. The van der Waals surface area contributed by atoms with Crippen LogP contribution in [0.1, 0.15) is 0 Å². The molecule has 0 radical (unpaired) electrons. The summed E-state index contributed by atoms with van der Waals surface area (Å²) in [6.45, 7) is 0. The molecule has 0 aliphatic heterocycles.